The second-order valence-electron chi connectivity index (χ2n) is 1.70. The summed E-state index contributed by atoms with van der Waals surface area (Å²) in [6.07, 6.45) is 0. The first-order valence-corrected chi connectivity index (χ1v) is 3.41. The molecule has 0 bridgehead atoms. The van der Waals surface area contributed by atoms with Gasteiger partial charge in [-0.15, -0.1) is 0 Å². The Morgan fingerprint density at radius 2 is 2.08 bits per heavy atom. The van der Waals surface area contributed by atoms with Gasteiger partial charge in [-0.05, 0) is 25.4 Å². The quantitative estimate of drug-likeness (QED) is 0.788. The molecule has 1 aromatic rings. The van der Waals surface area contributed by atoms with E-state index in [1.165, 1.54) is 0 Å². The Balaban J connectivity index is 3.31. The number of hydrogen-bond donors (Lipinski definition) is 2. The molecule has 13 heavy (non-hydrogen) atoms. The monoisotopic (exact) mass is 211 g/mol. The van der Waals surface area contributed by atoms with Crippen molar-refractivity contribution in [3.63, 3.8) is 0 Å². The zero-order valence-electron chi connectivity index (χ0n) is 16.3. The summed E-state index contributed by atoms with van der Waals surface area (Å²) in [4.78, 5) is 10.4. The van der Waals surface area contributed by atoms with Gasteiger partial charge in [0.2, 0.25) is 17.2 Å². The molecule has 0 unspecified atom stereocenters. The third kappa shape index (κ3) is 3.02. The number of nitrogens with zero attached hydrogens (tertiary/aromatic N) is 3. The molecule has 0 saturated carbocycles. The summed E-state index contributed by atoms with van der Waals surface area (Å²) in [5.74, 6) is -1.52. The van der Waals surface area contributed by atoms with Gasteiger partial charge in [0.05, 0.1) is 0 Å². The first-order valence-electron chi connectivity index (χ1n) is 8.13. The number of anilines is 2. The lowest BCUT2D eigenvalue weighted by Gasteiger charge is -2.04. The largest absolute Gasteiger partial charge is 0.354 e. The van der Waals surface area contributed by atoms with Gasteiger partial charge in [-0.3, -0.25) is 0 Å². The van der Waals surface area contributed by atoms with Gasteiger partial charge in [-0.1, -0.05) is 0 Å². The number of rotatable bonds is 4. The van der Waals surface area contributed by atoms with Gasteiger partial charge in [0.25, 0.3) is 0 Å². The van der Waals surface area contributed by atoms with Gasteiger partial charge in [0.15, 0.2) is 2.82 Å². The van der Waals surface area contributed by atoms with E-state index in [0.29, 0.717) is 0 Å². The predicted molar refractivity (Wildman–Crippen MR) is 53.2 cm³/mol. The van der Waals surface area contributed by atoms with E-state index in [4.69, 9.17) is 25.4 Å². The number of halogens is 1. The highest BCUT2D eigenvalue weighted by Crippen LogP contribution is 2.08. The average molecular weight is 212 g/mol. The Morgan fingerprint density at radius 3 is 2.69 bits per heavy atom. The molecule has 72 valence electrons. The summed E-state index contributed by atoms with van der Waals surface area (Å²) in [7, 11) is 0. The Bertz CT molecular complexity index is 565. The maximum absolute atomic E-state index is 7.58. The highest BCUT2D eigenvalue weighted by Gasteiger charge is 2.01. The van der Waals surface area contributed by atoms with Crippen LogP contribution in [0.5, 0.6) is 0 Å². The Labute approximate surface area is 96.1 Å². The van der Waals surface area contributed by atoms with E-state index >= 15 is 0 Å². The fraction of sp³-hybridized carbons (Fsp3) is 0.571. The minimum absolute atomic E-state index is 0.107. The van der Waals surface area contributed by atoms with Crippen LogP contribution >= 0.6 is 11.6 Å². The first-order chi connectivity index (χ1) is 10.2. The van der Waals surface area contributed by atoms with Gasteiger partial charge < -0.3 is 10.6 Å². The van der Waals surface area contributed by atoms with Crippen molar-refractivity contribution in [3.05, 3.63) is 5.28 Å². The normalized spacial score (nSPS) is 24.1. The highest BCUT2D eigenvalue weighted by atomic mass is 35.5. The maximum Gasteiger partial charge on any atom is 0.228 e. The molecule has 6 heteroatoms. The molecule has 5 nitrogen and oxygen atoms in total. The lowest BCUT2D eigenvalue weighted by Crippen LogP contribution is -2.08. The maximum atomic E-state index is 7.58. The van der Waals surface area contributed by atoms with Crippen LogP contribution in [0, 0.1) is 0 Å². The zero-order valence-corrected chi connectivity index (χ0v) is 7.08. The van der Waals surface area contributed by atoms with Crippen LogP contribution in [-0.2, 0) is 0 Å². The van der Waals surface area contributed by atoms with Gasteiger partial charge >= 0.3 is 0 Å². The zero-order chi connectivity index (χ0) is 18.2. The van der Waals surface area contributed by atoms with Crippen molar-refractivity contribution in [2.45, 2.75) is 13.8 Å². The molecule has 0 atom stereocenters. The van der Waals surface area contributed by atoms with Gasteiger partial charge in [0, 0.05) is 24.0 Å². The fourth-order valence-corrected chi connectivity index (χ4v) is 0.701. The minimum atomic E-state index is -3.20. The molecule has 0 aromatic carbocycles. The minimum Gasteiger partial charge on any atom is -0.354 e. The summed E-state index contributed by atoms with van der Waals surface area (Å²) in [6.45, 7) is -9.70. The van der Waals surface area contributed by atoms with E-state index in [1.807, 2.05) is 0 Å². The van der Waals surface area contributed by atoms with Crippen molar-refractivity contribution in [2.75, 3.05) is 23.6 Å². The third-order valence-electron chi connectivity index (χ3n) is 0.919. The summed E-state index contributed by atoms with van der Waals surface area (Å²) in [5.41, 5.74) is 0. The van der Waals surface area contributed by atoms with Crippen molar-refractivity contribution in [1.29, 1.82) is 0 Å². The molecule has 0 fully saturated rings. The van der Waals surface area contributed by atoms with Gasteiger partial charge in [-0.25, -0.2) is 0 Å². The summed E-state index contributed by atoms with van der Waals surface area (Å²) in [5, 5.41) is -0.640. The molecule has 0 saturated heterocycles. The molecule has 0 aliphatic rings. The Morgan fingerprint density at radius 1 is 1.38 bits per heavy atom. The van der Waals surface area contributed by atoms with E-state index in [-0.39, 0.29) is 10.6 Å². The second-order valence-corrected chi connectivity index (χ2v) is 2.04. The predicted octanol–water partition coefficient (Wildman–Crippen LogP) is 1.39. The number of hydrogen-bond acceptors (Lipinski definition) is 5. The molecule has 2 N–H and O–H groups in total. The van der Waals surface area contributed by atoms with Gasteiger partial charge in [-0.2, -0.15) is 15.0 Å². The molecule has 1 rings (SSSR count). The smallest absolute Gasteiger partial charge is 0.228 e. The molecule has 0 radical (unpaired) electrons. The molecule has 0 spiro atoms. The Hall–Kier alpha value is -1.10. The van der Waals surface area contributed by atoms with E-state index in [2.05, 4.69) is 15.0 Å². The van der Waals surface area contributed by atoms with E-state index in [1.54, 1.807) is 0 Å². The topological polar surface area (TPSA) is 62.7 Å². The highest BCUT2D eigenvalue weighted by molar-refractivity contribution is 6.28. The molecule has 0 aliphatic heterocycles. The van der Waals surface area contributed by atoms with E-state index in [0.717, 1.165) is 0 Å². The van der Waals surface area contributed by atoms with Gasteiger partial charge in [0.1, 0.15) is 0 Å². The number of aromatic nitrogens is 3. The average Bonchev–Trinajstić information content (AvgIpc) is 2.43. The molecule has 1 aromatic heterocycles. The molecular weight excluding hydrogens is 190 g/mol. The van der Waals surface area contributed by atoms with Crippen LogP contribution in [0.1, 0.15) is 24.7 Å². The third-order valence-corrected chi connectivity index (χ3v) is 1.09. The van der Waals surface area contributed by atoms with Crippen LogP contribution in [0.4, 0.5) is 11.9 Å². The van der Waals surface area contributed by atoms with Crippen molar-refractivity contribution >= 4 is 23.5 Å². The van der Waals surface area contributed by atoms with Crippen LogP contribution in [0.25, 0.3) is 0 Å². The van der Waals surface area contributed by atoms with Crippen molar-refractivity contribution in [1.82, 2.24) is 15.0 Å². The van der Waals surface area contributed by atoms with E-state index < -0.39 is 43.9 Å². The lowest BCUT2D eigenvalue weighted by molar-refractivity contribution is 0.999. The van der Waals surface area contributed by atoms with Crippen molar-refractivity contribution in [2.24, 2.45) is 0 Å². The lowest BCUT2D eigenvalue weighted by atomic mass is 10.7. The SMILES string of the molecule is [2H]CC([2H])([2H])N([2H])c1nc(Cl)nc(N([2H])C([2H])([2H])C([2H])([2H])[2H])n1. The van der Waals surface area contributed by atoms with E-state index in [9.17, 15) is 0 Å². The summed E-state index contributed by atoms with van der Waals surface area (Å²) < 4.78 is 73.3. The van der Waals surface area contributed by atoms with Crippen molar-refractivity contribution in [3.8, 4) is 0 Å². The van der Waals surface area contributed by atoms with Crippen LogP contribution in [0.15, 0.2) is 0 Å². The fourth-order valence-electron chi connectivity index (χ4n) is 0.550. The first kappa shape index (κ1) is 2.95. The van der Waals surface area contributed by atoms with Crippen LogP contribution < -0.4 is 10.6 Å². The standard InChI is InChI=1S/C7H12ClN5/c1-3-9-6-11-5(8)12-7(13-6)10-4-2/h3-4H2,1-2H3,(H2,9,10,11,12,13)/i1D,2D3,3D2,4D2/hD2. The van der Waals surface area contributed by atoms with Crippen LogP contribution in [0.3, 0.4) is 0 Å². The molecular formula is C7H12ClN5. The summed E-state index contributed by atoms with van der Waals surface area (Å²) >= 11 is 5.58. The molecule has 0 aliphatic carbocycles. The second kappa shape index (κ2) is 4.81. The summed E-state index contributed by atoms with van der Waals surface area (Å²) in [6, 6.07) is 0. The van der Waals surface area contributed by atoms with Crippen LogP contribution in [-0.4, -0.2) is 27.9 Å². The Kier molecular flexibility index (Phi) is 1.09. The molecule has 1 heterocycles. The van der Waals surface area contributed by atoms with Crippen LogP contribution in [0.2, 0.25) is 8.11 Å². The molecule has 0 amide bonds. The number of nitrogens with one attached hydrogen (secondary N) is 2. The van der Waals surface area contributed by atoms with Crippen molar-refractivity contribution < 1.29 is 13.8 Å².